The Kier molecular flexibility index (Phi) is 5.17. The minimum absolute atomic E-state index is 0.114. The average Bonchev–Trinajstić information content (AvgIpc) is 3.01. The van der Waals surface area contributed by atoms with Crippen LogP contribution in [0.4, 0.5) is 0 Å². The Morgan fingerprint density at radius 3 is 2.63 bits per heavy atom. The van der Waals surface area contributed by atoms with Gasteiger partial charge in [0.25, 0.3) is 0 Å². The van der Waals surface area contributed by atoms with Gasteiger partial charge in [0.15, 0.2) is 0 Å². The molecule has 4 rings (SSSR count). The molecule has 0 radical (unpaired) electrons. The predicted octanol–water partition coefficient (Wildman–Crippen LogP) is 3.27. The van der Waals surface area contributed by atoms with Gasteiger partial charge in [-0.25, -0.2) is 0 Å². The van der Waals surface area contributed by atoms with E-state index in [2.05, 4.69) is 47.4 Å². The van der Waals surface area contributed by atoms with Gasteiger partial charge in [0, 0.05) is 24.9 Å². The summed E-state index contributed by atoms with van der Waals surface area (Å²) in [5, 5.41) is 0. The summed E-state index contributed by atoms with van der Waals surface area (Å²) in [6.07, 6.45) is 3.11. The van der Waals surface area contributed by atoms with Crippen LogP contribution in [0.5, 0.6) is 5.75 Å². The summed E-state index contributed by atoms with van der Waals surface area (Å²) < 4.78 is 11.0. The Balaban J connectivity index is 1.28. The summed E-state index contributed by atoms with van der Waals surface area (Å²) in [4.78, 5) is 13.8. The highest BCUT2D eigenvalue weighted by Gasteiger charge is 2.47. The molecule has 1 aliphatic heterocycles. The molecule has 1 aliphatic carbocycles. The van der Waals surface area contributed by atoms with E-state index in [1.54, 1.807) is 0 Å². The molecule has 1 fully saturated rings. The molecule has 1 spiro atoms. The first-order valence-electron chi connectivity index (χ1n) is 9.82. The van der Waals surface area contributed by atoms with Gasteiger partial charge in [0.1, 0.15) is 5.75 Å². The molecule has 4 heteroatoms. The second-order valence-corrected chi connectivity index (χ2v) is 7.82. The second-order valence-electron chi connectivity index (χ2n) is 7.82. The molecule has 0 saturated carbocycles. The largest absolute Gasteiger partial charge is 0.493 e. The van der Waals surface area contributed by atoms with Crippen LogP contribution in [0.3, 0.4) is 0 Å². The molecule has 0 unspecified atom stereocenters. The van der Waals surface area contributed by atoms with Crippen LogP contribution in [0.15, 0.2) is 48.5 Å². The Morgan fingerprint density at radius 1 is 1.07 bits per heavy atom. The highest BCUT2D eigenvalue weighted by atomic mass is 16.5. The number of ether oxygens (including phenoxy) is 2. The average molecular weight is 365 g/mol. The third-order valence-corrected chi connectivity index (χ3v) is 5.59. The van der Waals surface area contributed by atoms with Gasteiger partial charge in [-0.15, -0.1) is 0 Å². The molecule has 2 aromatic rings. The lowest BCUT2D eigenvalue weighted by molar-refractivity contribution is -0.147. The molecule has 2 aromatic carbocycles. The van der Waals surface area contributed by atoms with Gasteiger partial charge < -0.3 is 9.47 Å². The smallest absolute Gasteiger partial charge is 0.320 e. The quantitative estimate of drug-likeness (QED) is 0.706. The number of hydrogen-bond donors (Lipinski definition) is 0. The zero-order valence-corrected chi connectivity index (χ0v) is 15.9. The Morgan fingerprint density at radius 2 is 1.85 bits per heavy atom. The van der Waals surface area contributed by atoms with Gasteiger partial charge in [-0.1, -0.05) is 36.4 Å². The van der Waals surface area contributed by atoms with E-state index in [0.717, 1.165) is 38.1 Å². The van der Waals surface area contributed by atoms with Crippen LogP contribution < -0.4 is 4.74 Å². The van der Waals surface area contributed by atoms with E-state index in [1.165, 1.54) is 16.7 Å². The monoisotopic (exact) mass is 365 g/mol. The van der Waals surface area contributed by atoms with Crippen molar-refractivity contribution in [1.29, 1.82) is 0 Å². The Bertz CT molecular complexity index is 797. The molecule has 0 bridgehead atoms. The summed E-state index contributed by atoms with van der Waals surface area (Å²) in [5.41, 5.74) is 4.44. The summed E-state index contributed by atoms with van der Waals surface area (Å²) in [6.45, 7) is 5.37. The number of fused-ring (bicyclic) bond motifs is 1. The van der Waals surface area contributed by atoms with Gasteiger partial charge in [0.2, 0.25) is 0 Å². The normalized spacial score (nSPS) is 17.4. The Hall–Kier alpha value is -2.33. The van der Waals surface area contributed by atoms with Crippen molar-refractivity contribution in [3.8, 4) is 5.75 Å². The highest BCUT2D eigenvalue weighted by molar-refractivity contribution is 5.71. The van der Waals surface area contributed by atoms with Crippen LogP contribution in [-0.2, 0) is 28.8 Å². The van der Waals surface area contributed by atoms with Gasteiger partial charge in [0.05, 0.1) is 19.8 Å². The zero-order chi connectivity index (χ0) is 18.7. The topological polar surface area (TPSA) is 38.8 Å². The third-order valence-electron chi connectivity index (χ3n) is 5.59. The van der Waals surface area contributed by atoms with E-state index in [0.29, 0.717) is 25.2 Å². The van der Waals surface area contributed by atoms with Crippen molar-refractivity contribution in [1.82, 2.24) is 4.90 Å². The van der Waals surface area contributed by atoms with Crippen LogP contribution in [0, 0.1) is 5.41 Å². The number of likely N-dealkylation sites (tertiary alicyclic amines) is 1. The van der Waals surface area contributed by atoms with E-state index in [9.17, 15) is 4.79 Å². The van der Waals surface area contributed by atoms with Crippen LogP contribution in [-0.4, -0.2) is 43.7 Å². The molecule has 27 heavy (non-hydrogen) atoms. The van der Waals surface area contributed by atoms with Crippen molar-refractivity contribution in [2.24, 2.45) is 5.41 Å². The minimum atomic E-state index is -0.114. The van der Waals surface area contributed by atoms with E-state index < -0.39 is 0 Å². The van der Waals surface area contributed by atoms with E-state index in [1.807, 2.05) is 13.0 Å². The Labute approximate surface area is 161 Å². The molecule has 1 saturated heterocycles. The highest BCUT2D eigenvalue weighted by Crippen LogP contribution is 2.44. The lowest BCUT2D eigenvalue weighted by Crippen LogP contribution is -2.58. The number of rotatable bonds is 7. The molecule has 2 aliphatic rings. The molecule has 4 nitrogen and oxygen atoms in total. The zero-order valence-electron chi connectivity index (χ0n) is 15.9. The van der Waals surface area contributed by atoms with Crippen molar-refractivity contribution in [2.45, 2.75) is 26.2 Å². The maximum Gasteiger partial charge on any atom is 0.320 e. The first-order valence-corrected chi connectivity index (χ1v) is 9.82. The second kappa shape index (κ2) is 7.73. The molecule has 142 valence electrons. The lowest BCUT2D eigenvalue weighted by atomic mass is 9.77. The van der Waals surface area contributed by atoms with Crippen molar-refractivity contribution < 1.29 is 14.3 Å². The number of carbonyl (C=O) groups excluding carboxylic acids is 1. The van der Waals surface area contributed by atoms with Crippen LogP contribution in [0.25, 0.3) is 0 Å². The molecule has 0 aromatic heterocycles. The predicted molar refractivity (Wildman–Crippen MR) is 105 cm³/mol. The van der Waals surface area contributed by atoms with Crippen molar-refractivity contribution in [3.05, 3.63) is 65.2 Å². The van der Waals surface area contributed by atoms with Gasteiger partial charge in [-0.2, -0.15) is 0 Å². The number of benzene rings is 2. The van der Waals surface area contributed by atoms with Gasteiger partial charge >= 0.3 is 5.97 Å². The van der Waals surface area contributed by atoms with E-state index in [-0.39, 0.29) is 5.97 Å². The van der Waals surface area contributed by atoms with Crippen molar-refractivity contribution in [3.63, 3.8) is 0 Å². The van der Waals surface area contributed by atoms with Gasteiger partial charge in [-0.3, -0.25) is 9.69 Å². The summed E-state index contributed by atoms with van der Waals surface area (Å²) in [5.74, 6) is 0.849. The molecular formula is C23H27NO3. The maximum absolute atomic E-state index is 11.6. The SMILES string of the molecule is CCOC(=O)CN1CC2(Cc3ccc(OCCc4ccccc4)cc3C2)C1. The lowest BCUT2D eigenvalue weighted by Gasteiger charge is -2.47. The molecule has 0 atom stereocenters. The summed E-state index contributed by atoms with van der Waals surface area (Å²) in [6, 6.07) is 17.0. The van der Waals surface area contributed by atoms with Crippen LogP contribution in [0.1, 0.15) is 23.6 Å². The third kappa shape index (κ3) is 4.16. The molecule has 0 N–H and O–H groups in total. The fourth-order valence-electron chi connectivity index (χ4n) is 4.46. The van der Waals surface area contributed by atoms with Crippen LogP contribution in [0.2, 0.25) is 0 Å². The molecular weight excluding hydrogens is 338 g/mol. The van der Waals surface area contributed by atoms with Crippen LogP contribution >= 0.6 is 0 Å². The first kappa shape index (κ1) is 18.1. The number of esters is 1. The van der Waals surface area contributed by atoms with E-state index >= 15 is 0 Å². The summed E-state index contributed by atoms with van der Waals surface area (Å²) in [7, 11) is 0. The number of carbonyl (C=O) groups is 1. The van der Waals surface area contributed by atoms with Gasteiger partial charge in [-0.05, 0) is 48.6 Å². The van der Waals surface area contributed by atoms with Crippen molar-refractivity contribution in [2.75, 3.05) is 32.8 Å². The number of nitrogens with zero attached hydrogens (tertiary/aromatic N) is 1. The van der Waals surface area contributed by atoms with E-state index in [4.69, 9.17) is 9.47 Å². The maximum atomic E-state index is 11.6. The van der Waals surface area contributed by atoms with Crippen molar-refractivity contribution >= 4 is 5.97 Å². The molecule has 0 amide bonds. The minimum Gasteiger partial charge on any atom is -0.493 e. The fraction of sp³-hybridized carbons (Fsp3) is 0.435. The number of hydrogen-bond acceptors (Lipinski definition) is 4. The molecule has 1 heterocycles. The fourth-order valence-corrected chi connectivity index (χ4v) is 4.46. The standard InChI is InChI=1S/C23H27NO3/c1-2-26-22(25)15-24-16-23(17-24)13-19-8-9-21(12-20(19)14-23)27-11-10-18-6-4-3-5-7-18/h3-9,12H,2,10-11,13-17H2,1H3. The summed E-state index contributed by atoms with van der Waals surface area (Å²) >= 11 is 0. The first-order chi connectivity index (χ1) is 13.2.